The first-order chi connectivity index (χ1) is 8.52. The third-order valence-corrected chi connectivity index (χ3v) is 3.87. The first-order valence-corrected chi connectivity index (χ1v) is 7.35. The van der Waals surface area contributed by atoms with Crippen LogP contribution in [0.15, 0.2) is 35.9 Å². The topological polar surface area (TPSA) is 0 Å². The molecule has 0 unspecified atom stereocenters. The molecule has 1 heteroatoms. The summed E-state index contributed by atoms with van der Waals surface area (Å²) in [5.74, 6) is 0. The van der Waals surface area contributed by atoms with Crippen molar-refractivity contribution < 1.29 is 0 Å². The summed E-state index contributed by atoms with van der Waals surface area (Å²) >= 11 is 5.97. The molecule has 0 heterocycles. The van der Waals surface area contributed by atoms with E-state index in [2.05, 4.69) is 45.9 Å². The molecule has 0 saturated heterocycles. The van der Waals surface area contributed by atoms with Crippen molar-refractivity contribution in [2.24, 2.45) is 0 Å². The van der Waals surface area contributed by atoms with Crippen molar-refractivity contribution >= 4 is 11.6 Å². The number of unbranched alkanes of at least 4 members (excludes halogenated alkanes) is 1. The smallest absolute Gasteiger partial charge is 0.0406 e. The standard InChI is InChI=1S/C17H25Cl/c1-5-7-9-14(8-6-2)17(3,4)15-10-12-16(18)13-11-15/h8,10-13H,5-7,9H2,1-4H3. The Kier molecular flexibility index (Phi) is 5.95. The van der Waals surface area contributed by atoms with E-state index in [0.29, 0.717) is 0 Å². The molecule has 0 bridgehead atoms. The van der Waals surface area contributed by atoms with Gasteiger partial charge >= 0.3 is 0 Å². The lowest BCUT2D eigenvalue weighted by atomic mass is 9.75. The molecule has 1 aromatic carbocycles. The van der Waals surface area contributed by atoms with Gasteiger partial charge in [-0.2, -0.15) is 0 Å². The van der Waals surface area contributed by atoms with E-state index in [1.807, 2.05) is 12.1 Å². The molecule has 0 N–H and O–H groups in total. The number of hydrogen-bond acceptors (Lipinski definition) is 0. The lowest BCUT2D eigenvalue weighted by Crippen LogP contribution is -2.20. The highest BCUT2D eigenvalue weighted by molar-refractivity contribution is 6.30. The zero-order valence-electron chi connectivity index (χ0n) is 12.1. The van der Waals surface area contributed by atoms with Crippen LogP contribution in [0, 0.1) is 0 Å². The van der Waals surface area contributed by atoms with Crippen molar-refractivity contribution in [1.29, 1.82) is 0 Å². The molecule has 0 atom stereocenters. The van der Waals surface area contributed by atoms with E-state index < -0.39 is 0 Å². The number of hydrogen-bond donors (Lipinski definition) is 0. The second-order valence-corrected chi connectivity index (χ2v) is 5.81. The lowest BCUT2D eigenvalue weighted by Gasteiger charge is -2.29. The third-order valence-electron chi connectivity index (χ3n) is 3.62. The van der Waals surface area contributed by atoms with Crippen molar-refractivity contribution in [1.82, 2.24) is 0 Å². The Morgan fingerprint density at radius 2 is 1.78 bits per heavy atom. The predicted molar refractivity (Wildman–Crippen MR) is 82.4 cm³/mol. The SMILES string of the molecule is CCC=C(CCCC)C(C)(C)c1ccc(Cl)cc1. The van der Waals surface area contributed by atoms with Crippen molar-refractivity contribution in [3.63, 3.8) is 0 Å². The molecule has 100 valence electrons. The maximum absolute atomic E-state index is 5.97. The summed E-state index contributed by atoms with van der Waals surface area (Å²) in [5.41, 5.74) is 3.01. The molecule has 18 heavy (non-hydrogen) atoms. The van der Waals surface area contributed by atoms with E-state index in [1.165, 1.54) is 24.8 Å². The highest BCUT2D eigenvalue weighted by atomic mass is 35.5. The maximum atomic E-state index is 5.97. The second kappa shape index (κ2) is 6.99. The van der Waals surface area contributed by atoms with Crippen LogP contribution in [-0.4, -0.2) is 0 Å². The van der Waals surface area contributed by atoms with Gasteiger partial charge in [-0.1, -0.05) is 69.5 Å². The Morgan fingerprint density at radius 1 is 1.17 bits per heavy atom. The highest BCUT2D eigenvalue weighted by Crippen LogP contribution is 2.35. The van der Waals surface area contributed by atoms with E-state index in [4.69, 9.17) is 11.6 Å². The van der Waals surface area contributed by atoms with E-state index in [0.717, 1.165) is 11.4 Å². The Bertz CT molecular complexity index is 385. The maximum Gasteiger partial charge on any atom is 0.0406 e. The summed E-state index contributed by atoms with van der Waals surface area (Å²) in [6.45, 7) is 9.09. The predicted octanol–water partition coefficient (Wildman–Crippen LogP) is 6.14. The molecule has 1 rings (SSSR count). The van der Waals surface area contributed by atoms with Crippen LogP contribution < -0.4 is 0 Å². The first kappa shape index (κ1) is 15.3. The van der Waals surface area contributed by atoms with Gasteiger partial charge in [0.25, 0.3) is 0 Å². The Labute approximate surface area is 117 Å². The van der Waals surface area contributed by atoms with Crippen LogP contribution in [-0.2, 0) is 5.41 Å². The minimum absolute atomic E-state index is 0.107. The van der Waals surface area contributed by atoms with Gasteiger partial charge in [0.15, 0.2) is 0 Å². The number of allylic oxidation sites excluding steroid dienone is 2. The normalized spacial score (nSPS) is 12.8. The molecule has 1 aromatic rings. The minimum atomic E-state index is 0.107. The van der Waals surface area contributed by atoms with Gasteiger partial charge in [0.1, 0.15) is 0 Å². The molecule has 0 nitrogen and oxygen atoms in total. The van der Waals surface area contributed by atoms with Gasteiger partial charge < -0.3 is 0 Å². The van der Waals surface area contributed by atoms with E-state index in [-0.39, 0.29) is 5.41 Å². The Balaban J connectivity index is 3.00. The summed E-state index contributed by atoms with van der Waals surface area (Å²) in [6.07, 6.45) is 7.21. The van der Waals surface area contributed by atoms with Crippen LogP contribution >= 0.6 is 11.6 Å². The van der Waals surface area contributed by atoms with Crippen molar-refractivity contribution in [2.75, 3.05) is 0 Å². The average Bonchev–Trinajstić information content (AvgIpc) is 2.35. The molecule has 0 aromatic heterocycles. The van der Waals surface area contributed by atoms with Gasteiger partial charge in [0.2, 0.25) is 0 Å². The van der Waals surface area contributed by atoms with Crippen LogP contribution in [0.2, 0.25) is 5.02 Å². The number of benzene rings is 1. The van der Waals surface area contributed by atoms with Crippen LogP contribution in [0.1, 0.15) is 58.9 Å². The van der Waals surface area contributed by atoms with Crippen LogP contribution in [0.4, 0.5) is 0 Å². The summed E-state index contributed by atoms with van der Waals surface area (Å²) in [5, 5.41) is 0.809. The fourth-order valence-electron chi connectivity index (χ4n) is 2.34. The molecular weight excluding hydrogens is 240 g/mol. The molecule has 0 saturated carbocycles. The summed E-state index contributed by atoms with van der Waals surface area (Å²) in [7, 11) is 0. The van der Waals surface area contributed by atoms with Gasteiger partial charge in [-0.3, -0.25) is 0 Å². The van der Waals surface area contributed by atoms with Crippen LogP contribution in [0.25, 0.3) is 0 Å². The minimum Gasteiger partial charge on any atom is -0.0847 e. The van der Waals surface area contributed by atoms with Gasteiger partial charge in [-0.05, 0) is 37.0 Å². The second-order valence-electron chi connectivity index (χ2n) is 5.37. The zero-order chi connectivity index (χ0) is 13.6. The van der Waals surface area contributed by atoms with E-state index >= 15 is 0 Å². The van der Waals surface area contributed by atoms with Crippen molar-refractivity contribution in [3.8, 4) is 0 Å². The van der Waals surface area contributed by atoms with Crippen LogP contribution in [0.3, 0.4) is 0 Å². The summed E-state index contributed by atoms with van der Waals surface area (Å²) in [6, 6.07) is 8.28. The van der Waals surface area contributed by atoms with Gasteiger partial charge in [0.05, 0.1) is 0 Å². The monoisotopic (exact) mass is 264 g/mol. The van der Waals surface area contributed by atoms with Gasteiger partial charge in [-0.25, -0.2) is 0 Å². The zero-order valence-corrected chi connectivity index (χ0v) is 12.8. The largest absolute Gasteiger partial charge is 0.0847 e. The fraction of sp³-hybridized carbons (Fsp3) is 0.529. The van der Waals surface area contributed by atoms with Gasteiger partial charge in [-0.15, -0.1) is 0 Å². The molecule has 0 fully saturated rings. The van der Waals surface area contributed by atoms with E-state index in [9.17, 15) is 0 Å². The highest BCUT2D eigenvalue weighted by Gasteiger charge is 2.24. The first-order valence-electron chi connectivity index (χ1n) is 6.98. The van der Waals surface area contributed by atoms with Crippen molar-refractivity contribution in [3.05, 3.63) is 46.5 Å². The van der Waals surface area contributed by atoms with Gasteiger partial charge in [0, 0.05) is 10.4 Å². The van der Waals surface area contributed by atoms with Crippen molar-refractivity contribution in [2.45, 2.75) is 58.8 Å². The van der Waals surface area contributed by atoms with Crippen LogP contribution in [0.5, 0.6) is 0 Å². The molecule has 0 aliphatic carbocycles. The van der Waals surface area contributed by atoms with E-state index in [1.54, 1.807) is 5.57 Å². The molecule has 0 spiro atoms. The third kappa shape index (κ3) is 3.88. The molecule has 0 radical (unpaired) electrons. The molecule has 0 aliphatic rings. The lowest BCUT2D eigenvalue weighted by molar-refractivity contribution is 0.574. The Hall–Kier alpha value is -0.750. The number of halogens is 1. The summed E-state index contributed by atoms with van der Waals surface area (Å²) in [4.78, 5) is 0. The molecule has 0 aliphatic heterocycles. The number of rotatable bonds is 6. The molecule has 0 amide bonds. The summed E-state index contributed by atoms with van der Waals surface area (Å²) < 4.78 is 0. The fourth-order valence-corrected chi connectivity index (χ4v) is 2.46. The molecular formula is C17H25Cl. The quantitative estimate of drug-likeness (QED) is 0.541. The Morgan fingerprint density at radius 3 is 2.28 bits per heavy atom. The average molecular weight is 265 g/mol.